The summed E-state index contributed by atoms with van der Waals surface area (Å²) >= 11 is 1.30. The van der Waals surface area contributed by atoms with Crippen LogP contribution in [0, 0.1) is 6.92 Å². The number of thioether (sulfide) groups is 1. The lowest BCUT2D eigenvalue weighted by Gasteiger charge is -2.08. The Kier molecular flexibility index (Phi) is 5.68. The molecule has 0 aliphatic rings. The highest BCUT2D eigenvalue weighted by molar-refractivity contribution is 7.99. The highest BCUT2D eigenvalue weighted by atomic mass is 32.2. The van der Waals surface area contributed by atoms with Crippen LogP contribution in [0.15, 0.2) is 56.7 Å². The van der Waals surface area contributed by atoms with E-state index < -0.39 is 6.10 Å². The van der Waals surface area contributed by atoms with Gasteiger partial charge >= 0.3 is 0 Å². The molecule has 3 rings (SSSR count). The quantitative estimate of drug-likeness (QED) is 0.627. The molecule has 24 heavy (non-hydrogen) atoms. The van der Waals surface area contributed by atoms with E-state index in [9.17, 15) is 5.11 Å². The van der Waals surface area contributed by atoms with Gasteiger partial charge in [-0.05, 0) is 31.2 Å². The zero-order valence-electron chi connectivity index (χ0n) is 13.2. The molecule has 1 aromatic carbocycles. The molecule has 126 valence electrons. The van der Waals surface area contributed by atoms with Crippen molar-refractivity contribution < 1.29 is 18.7 Å². The van der Waals surface area contributed by atoms with Crippen LogP contribution in [-0.4, -0.2) is 33.8 Å². The topological polar surface area (TPSA) is 81.5 Å². The SMILES string of the molecule is Cc1ccc(-c2nnc(SCC(O)COCc3ccco3)o2)cc1. The molecular formula is C17H18N2O4S. The minimum Gasteiger partial charge on any atom is -0.467 e. The lowest BCUT2D eigenvalue weighted by Crippen LogP contribution is -2.17. The smallest absolute Gasteiger partial charge is 0.276 e. The Bertz CT molecular complexity index is 740. The Labute approximate surface area is 143 Å². The van der Waals surface area contributed by atoms with Crippen LogP contribution >= 0.6 is 11.8 Å². The summed E-state index contributed by atoms with van der Waals surface area (Å²) in [7, 11) is 0. The molecule has 2 aromatic heterocycles. The van der Waals surface area contributed by atoms with Crippen molar-refractivity contribution in [1.29, 1.82) is 0 Å². The molecule has 0 aliphatic heterocycles. The summed E-state index contributed by atoms with van der Waals surface area (Å²) in [5, 5.41) is 18.4. The summed E-state index contributed by atoms with van der Waals surface area (Å²) in [6.45, 7) is 2.58. The molecule has 0 saturated carbocycles. The average Bonchev–Trinajstić information content (AvgIpc) is 3.25. The minimum atomic E-state index is -0.625. The molecular weight excluding hydrogens is 328 g/mol. The summed E-state index contributed by atoms with van der Waals surface area (Å²) in [5.41, 5.74) is 2.05. The van der Waals surface area contributed by atoms with Crippen LogP contribution in [0.1, 0.15) is 11.3 Å². The van der Waals surface area contributed by atoms with Crippen molar-refractivity contribution in [2.24, 2.45) is 0 Å². The van der Waals surface area contributed by atoms with Crippen molar-refractivity contribution in [1.82, 2.24) is 10.2 Å². The molecule has 2 heterocycles. The fourth-order valence-corrected chi connectivity index (χ4v) is 2.65. The van der Waals surface area contributed by atoms with Gasteiger partial charge in [-0.15, -0.1) is 10.2 Å². The van der Waals surface area contributed by atoms with Crippen LogP contribution in [0.25, 0.3) is 11.5 Å². The van der Waals surface area contributed by atoms with E-state index in [4.69, 9.17) is 13.6 Å². The van der Waals surface area contributed by atoms with Crippen LogP contribution in [0.4, 0.5) is 0 Å². The molecule has 3 aromatic rings. The first-order valence-corrected chi connectivity index (χ1v) is 8.51. The molecule has 0 bridgehead atoms. The standard InChI is InChI=1S/C17H18N2O4S/c1-12-4-6-13(7-5-12)16-18-19-17(23-16)24-11-14(20)9-21-10-15-3-2-8-22-15/h2-8,14,20H,9-11H2,1H3. The molecule has 0 radical (unpaired) electrons. The molecule has 0 fully saturated rings. The lowest BCUT2D eigenvalue weighted by atomic mass is 10.1. The maximum Gasteiger partial charge on any atom is 0.276 e. The lowest BCUT2D eigenvalue weighted by molar-refractivity contribution is 0.0328. The van der Waals surface area contributed by atoms with Gasteiger partial charge in [0.25, 0.3) is 5.22 Å². The van der Waals surface area contributed by atoms with Gasteiger partial charge in [0.05, 0.1) is 19.0 Å². The zero-order chi connectivity index (χ0) is 16.8. The van der Waals surface area contributed by atoms with Crippen molar-refractivity contribution in [3.63, 3.8) is 0 Å². The molecule has 6 nitrogen and oxygen atoms in total. The Morgan fingerprint density at radius 1 is 1.21 bits per heavy atom. The highest BCUT2D eigenvalue weighted by Crippen LogP contribution is 2.23. The first-order chi connectivity index (χ1) is 11.7. The molecule has 0 amide bonds. The minimum absolute atomic E-state index is 0.215. The summed E-state index contributed by atoms with van der Waals surface area (Å²) in [5.74, 6) is 1.61. The number of hydrogen-bond donors (Lipinski definition) is 1. The molecule has 1 atom stereocenters. The van der Waals surface area contributed by atoms with E-state index >= 15 is 0 Å². The van der Waals surface area contributed by atoms with E-state index in [1.54, 1.807) is 12.3 Å². The molecule has 1 unspecified atom stereocenters. The van der Waals surface area contributed by atoms with Crippen molar-refractivity contribution in [2.75, 3.05) is 12.4 Å². The fraction of sp³-hybridized carbons (Fsp3) is 0.294. The van der Waals surface area contributed by atoms with Crippen LogP contribution in [0.2, 0.25) is 0 Å². The average molecular weight is 346 g/mol. The van der Waals surface area contributed by atoms with Crippen molar-refractivity contribution in [2.45, 2.75) is 24.9 Å². The Morgan fingerprint density at radius 2 is 2.04 bits per heavy atom. The van der Waals surface area contributed by atoms with Crippen LogP contribution < -0.4 is 0 Å². The third-order valence-electron chi connectivity index (χ3n) is 3.24. The predicted octanol–water partition coefficient (Wildman–Crippen LogP) is 3.31. The molecule has 7 heteroatoms. The van der Waals surface area contributed by atoms with Gasteiger partial charge in [-0.3, -0.25) is 0 Å². The number of ether oxygens (including phenoxy) is 1. The number of aryl methyl sites for hydroxylation is 1. The second-order valence-electron chi connectivity index (χ2n) is 5.30. The van der Waals surface area contributed by atoms with E-state index in [2.05, 4.69) is 10.2 Å². The summed E-state index contributed by atoms with van der Waals surface area (Å²) in [6, 6.07) is 11.5. The zero-order valence-corrected chi connectivity index (χ0v) is 14.0. The van der Waals surface area contributed by atoms with Crippen molar-refractivity contribution in [3.05, 3.63) is 54.0 Å². The summed E-state index contributed by atoms with van der Waals surface area (Å²) < 4.78 is 16.1. The van der Waals surface area contributed by atoms with E-state index in [1.807, 2.05) is 37.3 Å². The van der Waals surface area contributed by atoms with E-state index in [0.717, 1.165) is 11.3 Å². The number of aliphatic hydroxyl groups excluding tert-OH is 1. The number of hydrogen-bond acceptors (Lipinski definition) is 7. The van der Waals surface area contributed by atoms with Gasteiger partial charge in [0.1, 0.15) is 12.4 Å². The monoisotopic (exact) mass is 346 g/mol. The van der Waals surface area contributed by atoms with Crippen LogP contribution in [0.3, 0.4) is 0 Å². The first kappa shape index (κ1) is 16.8. The number of benzene rings is 1. The Balaban J connectivity index is 1.44. The molecule has 0 saturated heterocycles. The number of aliphatic hydroxyl groups is 1. The fourth-order valence-electron chi connectivity index (χ4n) is 1.99. The third-order valence-corrected chi connectivity index (χ3v) is 4.20. The summed E-state index contributed by atoms with van der Waals surface area (Å²) in [4.78, 5) is 0. The van der Waals surface area contributed by atoms with E-state index in [0.29, 0.717) is 23.5 Å². The number of rotatable bonds is 8. The van der Waals surface area contributed by atoms with Gasteiger partial charge in [0.15, 0.2) is 0 Å². The summed E-state index contributed by atoms with van der Waals surface area (Å²) in [6.07, 6.45) is 0.964. The Hall–Kier alpha value is -2.09. The van der Waals surface area contributed by atoms with Gasteiger partial charge in [0.2, 0.25) is 5.89 Å². The maximum absolute atomic E-state index is 9.93. The van der Waals surface area contributed by atoms with Gasteiger partial charge in [-0.1, -0.05) is 29.5 Å². The molecule has 0 spiro atoms. The number of nitrogens with zero attached hydrogens (tertiary/aromatic N) is 2. The number of aromatic nitrogens is 2. The van der Waals surface area contributed by atoms with Crippen molar-refractivity contribution >= 4 is 11.8 Å². The first-order valence-electron chi connectivity index (χ1n) is 7.52. The largest absolute Gasteiger partial charge is 0.467 e. The Morgan fingerprint density at radius 3 is 2.79 bits per heavy atom. The molecule has 1 N–H and O–H groups in total. The normalized spacial score (nSPS) is 12.4. The van der Waals surface area contributed by atoms with Crippen LogP contribution in [-0.2, 0) is 11.3 Å². The highest BCUT2D eigenvalue weighted by Gasteiger charge is 2.12. The van der Waals surface area contributed by atoms with E-state index in [-0.39, 0.29) is 6.61 Å². The second kappa shape index (κ2) is 8.14. The predicted molar refractivity (Wildman–Crippen MR) is 89.6 cm³/mol. The second-order valence-corrected chi connectivity index (χ2v) is 6.27. The van der Waals surface area contributed by atoms with E-state index in [1.165, 1.54) is 17.3 Å². The van der Waals surface area contributed by atoms with Gasteiger partial charge in [-0.2, -0.15) is 0 Å². The van der Waals surface area contributed by atoms with Gasteiger partial charge < -0.3 is 18.7 Å². The maximum atomic E-state index is 9.93. The van der Waals surface area contributed by atoms with Gasteiger partial charge in [-0.25, -0.2) is 0 Å². The van der Waals surface area contributed by atoms with Gasteiger partial charge in [0, 0.05) is 11.3 Å². The third kappa shape index (κ3) is 4.70. The van der Waals surface area contributed by atoms with Crippen molar-refractivity contribution in [3.8, 4) is 11.5 Å². The number of furan rings is 1. The molecule has 0 aliphatic carbocycles. The van der Waals surface area contributed by atoms with Crippen LogP contribution in [0.5, 0.6) is 0 Å².